The minimum absolute atomic E-state index is 0.138. The molecule has 0 amide bonds. The molecule has 0 saturated heterocycles. The predicted molar refractivity (Wildman–Crippen MR) is 86.7 cm³/mol. The fourth-order valence-corrected chi connectivity index (χ4v) is 1.90. The molecule has 0 spiro atoms. The number of para-hydroxylation sites is 2. The van der Waals surface area contributed by atoms with Crippen molar-refractivity contribution in [3.05, 3.63) is 54.1 Å². The summed E-state index contributed by atoms with van der Waals surface area (Å²) in [7, 11) is 0. The molecule has 0 aliphatic rings. The van der Waals surface area contributed by atoms with Crippen LogP contribution in [0.15, 0.2) is 53.5 Å². The van der Waals surface area contributed by atoms with Gasteiger partial charge in [0.1, 0.15) is 0 Å². The molecule has 0 unspecified atom stereocenters. The number of nitrogens with zero attached hydrogens (tertiary/aromatic N) is 1. The first-order chi connectivity index (χ1) is 10.3. The molecule has 4 heteroatoms. The smallest absolute Gasteiger partial charge is 0.166 e. The Balaban J connectivity index is 1.85. The summed E-state index contributed by atoms with van der Waals surface area (Å²) in [6.45, 7) is 3.78. The van der Waals surface area contributed by atoms with Gasteiger partial charge in [-0.1, -0.05) is 24.3 Å². The van der Waals surface area contributed by atoms with Gasteiger partial charge in [0.25, 0.3) is 0 Å². The van der Waals surface area contributed by atoms with Crippen LogP contribution in [0.3, 0.4) is 0 Å². The summed E-state index contributed by atoms with van der Waals surface area (Å²) in [4.78, 5) is 4.32. The van der Waals surface area contributed by atoms with E-state index in [9.17, 15) is 5.11 Å². The molecule has 2 N–H and O–H groups in total. The Kier molecular flexibility index (Phi) is 5.64. The summed E-state index contributed by atoms with van der Waals surface area (Å²) in [5.74, 6) is 0.628. The van der Waals surface area contributed by atoms with E-state index in [1.54, 1.807) is 12.3 Å². The lowest BCUT2D eigenvalue weighted by Gasteiger charge is -2.07. The number of aromatic hydroxyl groups is 1. The fraction of sp³-hybridized carbons (Fsp3) is 0.235. The van der Waals surface area contributed by atoms with Crippen molar-refractivity contribution >= 4 is 11.9 Å². The van der Waals surface area contributed by atoms with E-state index in [4.69, 9.17) is 4.74 Å². The number of hydrogen-bond donors (Lipinski definition) is 2. The summed E-state index contributed by atoms with van der Waals surface area (Å²) in [6, 6.07) is 15.4. The fourth-order valence-electron chi connectivity index (χ4n) is 1.90. The Morgan fingerprint density at radius 1 is 1.14 bits per heavy atom. The molecule has 0 bridgehead atoms. The van der Waals surface area contributed by atoms with Crippen LogP contribution in [-0.2, 0) is 0 Å². The summed E-state index contributed by atoms with van der Waals surface area (Å²) < 4.78 is 5.34. The third-order valence-electron chi connectivity index (χ3n) is 2.90. The Hall–Kier alpha value is -2.49. The molecule has 4 nitrogen and oxygen atoms in total. The minimum Gasteiger partial charge on any atom is -0.504 e. The van der Waals surface area contributed by atoms with Gasteiger partial charge in [0.15, 0.2) is 11.5 Å². The van der Waals surface area contributed by atoms with Crippen molar-refractivity contribution < 1.29 is 9.84 Å². The summed E-state index contributed by atoms with van der Waals surface area (Å²) in [6.07, 6.45) is 1.67. The molecule has 0 radical (unpaired) electrons. The summed E-state index contributed by atoms with van der Waals surface area (Å²) in [5, 5.41) is 13.3. The van der Waals surface area contributed by atoms with Gasteiger partial charge in [-0.05, 0) is 31.2 Å². The van der Waals surface area contributed by atoms with Crippen molar-refractivity contribution in [2.45, 2.75) is 6.92 Å². The molecular weight excluding hydrogens is 264 g/mol. The SMILES string of the molecule is CCOc1cccc(C=NCCNc2ccccc2)c1O. The highest BCUT2D eigenvalue weighted by atomic mass is 16.5. The van der Waals surface area contributed by atoms with Gasteiger partial charge in [-0.15, -0.1) is 0 Å². The van der Waals surface area contributed by atoms with E-state index in [1.807, 2.05) is 49.4 Å². The number of anilines is 1. The molecule has 21 heavy (non-hydrogen) atoms. The second kappa shape index (κ2) is 7.94. The van der Waals surface area contributed by atoms with Crippen molar-refractivity contribution in [3.8, 4) is 11.5 Å². The molecule has 0 fully saturated rings. The molecular formula is C17H20N2O2. The number of ether oxygens (including phenoxy) is 1. The first kappa shape index (κ1) is 14.9. The maximum atomic E-state index is 10.0. The van der Waals surface area contributed by atoms with E-state index >= 15 is 0 Å². The summed E-state index contributed by atoms with van der Waals surface area (Å²) >= 11 is 0. The summed E-state index contributed by atoms with van der Waals surface area (Å²) in [5.41, 5.74) is 1.74. The molecule has 2 rings (SSSR count). The zero-order chi connectivity index (χ0) is 14.9. The highest BCUT2D eigenvalue weighted by Gasteiger charge is 2.05. The zero-order valence-corrected chi connectivity index (χ0v) is 12.1. The lowest BCUT2D eigenvalue weighted by molar-refractivity contribution is 0.318. The van der Waals surface area contributed by atoms with Crippen LogP contribution in [0, 0.1) is 0 Å². The standard InChI is InChI=1S/C17H20N2O2/c1-2-21-16-10-6-7-14(17(16)20)13-18-11-12-19-15-8-4-3-5-9-15/h3-10,13,19-20H,2,11-12H2,1H3. The second-order valence-corrected chi connectivity index (χ2v) is 4.46. The van der Waals surface area contributed by atoms with Gasteiger partial charge in [-0.25, -0.2) is 0 Å². The molecule has 0 aromatic heterocycles. The van der Waals surface area contributed by atoms with Gasteiger partial charge in [-0.3, -0.25) is 4.99 Å². The number of phenolic OH excluding ortho intramolecular Hbond substituents is 1. The Labute approximate surface area is 125 Å². The predicted octanol–water partition coefficient (Wildman–Crippen LogP) is 3.32. The lowest BCUT2D eigenvalue weighted by atomic mass is 10.2. The van der Waals surface area contributed by atoms with E-state index in [1.165, 1.54) is 0 Å². The van der Waals surface area contributed by atoms with Gasteiger partial charge in [-0.2, -0.15) is 0 Å². The molecule has 0 aliphatic heterocycles. The third kappa shape index (κ3) is 4.53. The average Bonchev–Trinajstić information content (AvgIpc) is 2.51. The van der Waals surface area contributed by atoms with Crippen molar-refractivity contribution in [1.29, 1.82) is 0 Å². The average molecular weight is 284 g/mol. The van der Waals surface area contributed by atoms with Crippen LogP contribution in [-0.4, -0.2) is 31.0 Å². The number of benzene rings is 2. The van der Waals surface area contributed by atoms with Gasteiger partial charge >= 0.3 is 0 Å². The lowest BCUT2D eigenvalue weighted by Crippen LogP contribution is -2.04. The number of nitrogens with one attached hydrogen (secondary N) is 1. The molecule has 110 valence electrons. The van der Waals surface area contributed by atoms with Crippen LogP contribution >= 0.6 is 0 Å². The van der Waals surface area contributed by atoms with E-state index in [-0.39, 0.29) is 5.75 Å². The molecule has 0 heterocycles. The first-order valence-electron chi connectivity index (χ1n) is 7.04. The molecule has 0 atom stereocenters. The number of hydrogen-bond acceptors (Lipinski definition) is 4. The molecule has 2 aromatic carbocycles. The number of phenols is 1. The molecule has 0 aliphatic carbocycles. The Bertz CT molecular complexity index is 583. The zero-order valence-electron chi connectivity index (χ0n) is 12.1. The van der Waals surface area contributed by atoms with Crippen LogP contribution in [0.25, 0.3) is 0 Å². The maximum absolute atomic E-state index is 10.0. The van der Waals surface area contributed by atoms with E-state index in [0.29, 0.717) is 24.5 Å². The van der Waals surface area contributed by atoms with Crippen molar-refractivity contribution in [3.63, 3.8) is 0 Å². The first-order valence-corrected chi connectivity index (χ1v) is 7.04. The Morgan fingerprint density at radius 3 is 2.71 bits per heavy atom. The minimum atomic E-state index is 0.138. The number of rotatable bonds is 7. The molecule has 0 saturated carbocycles. The van der Waals surface area contributed by atoms with Crippen molar-refractivity contribution in [2.24, 2.45) is 4.99 Å². The van der Waals surface area contributed by atoms with Gasteiger partial charge in [0, 0.05) is 24.0 Å². The largest absolute Gasteiger partial charge is 0.504 e. The van der Waals surface area contributed by atoms with Crippen LogP contribution in [0.5, 0.6) is 11.5 Å². The monoisotopic (exact) mass is 284 g/mol. The van der Waals surface area contributed by atoms with Crippen molar-refractivity contribution in [1.82, 2.24) is 0 Å². The highest BCUT2D eigenvalue weighted by Crippen LogP contribution is 2.28. The second-order valence-electron chi connectivity index (χ2n) is 4.46. The molecule has 2 aromatic rings. The Morgan fingerprint density at radius 2 is 1.95 bits per heavy atom. The van der Waals surface area contributed by atoms with Crippen LogP contribution < -0.4 is 10.1 Å². The van der Waals surface area contributed by atoms with E-state index in [2.05, 4.69) is 10.3 Å². The topological polar surface area (TPSA) is 53.8 Å². The normalized spacial score (nSPS) is 10.7. The van der Waals surface area contributed by atoms with E-state index < -0.39 is 0 Å². The number of aliphatic imine (C=N–C) groups is 1. The van der Waals surface area contributed by atoms with Gasteiger partial charge in [0.05, 0.1) is 13.2 Å². The van der Waals surface area contributed by atoms with E-state index in [0.717, 1.165) is 12.2 Å². The van der Waals surface area contributed by atoms with Gasteiger partial charge in [0.2, 0.25) is 0 Å². The van der Waals surface area contributed by atoms with Crippen LogP contribution in [0.4, 0.5) is 5.69 Å². The highest BCUT2D eigenvalue weighted by molar-refractivity contribution is 5.84. The quantitative estimate of drug-likeness (QED) is 0.606. The van der Waals surface area contributed by atoms with Crippen LogP contribution in [0.2, 0.25) is 0 Å². The van der Waals surface area contributed by atoms with Gasteiger partial charge < -0.3 is 15.2 Å². The third-order valence-corrected chi connectivity index (χ3v) is 2.90. The maximum Gasteiger partial charge on any atom is 0.166 e. The van der Waals surface area contributed by atoms with Crippen LogP contribution in [0.1, 0.15) is 12.5 Å². The van der Waals surface area contributed by atoms with Crippen molar-refractivity contribution in [2.75, 3.05) is 25.0 Å².